The molecule has 0 spiro atoms. The summed E-state index contributed by atoms with van der Waals surface area (Å²) in [4.78, 5) is 30.7. The maximum Gasteiger partial charge on any atom is 0.379 e. The lowest BCUT2D eigenvalue weighted by molar-refractivity contribution is 0.0700. The quantitative estimate of drug-likeness (QED) is 0.114. The van der Waals surface area contributed by atoms with Gasteiger partial charge in [0.1, 0.15) is 0 Å². The van der Waals surface area contributed by atoms with Crippen LogP contribution in [0.15, 0.2) is 107 Å². The number of hydrogen-bond acceptors (Lipinski definition) is 6. The zero-order valence-corrected chi connectivity index (χ0v) is 22.9. The second-order valence-corrected chi connectivity index (χ2v) is 10.2. The SMILES string of the molecule is O=C(Oc1c(Br)cc(Br)cc1C=Nn1c(-c2ccc(Br)cc2)nc2ccccc2c1=O)c1ccco1. The number of hydrogen-bond donors (Lipinski definition) is 0. The van der Waals surface area contributed by atoms with Crippen LogP contribution >= 0.6 is 47.8 Å². The summed E-state index contributed by atoms with van der Waals surface area (Å²) in [5.74, 6) is -0.0288. The Morgan fingerprint density at radius 1 is 0.972 bits per heavy atom. The lowest BCUT2D eigenvalue weighted by Crippen LogP contribution is -2.20. The standard InChI is InChI=1S/C26H14Br3N3O4/c27-17-9-7-15(8-10-17)24-31-21-5-2-1-4-19(21)25(33)32(24)30-14-16-12-18(28)13-20(29)23(16)36-26(34)22-6-3-11-35-22/h1-14H. The molecule has 0 radical (unpaired) electrons. The molecule has 0 aliphatic heterocycles. The molecule has 5 aromatic rings. The van der Waals surface area contributed by atoms with Gasteiger partial charge in [0.25, 0.3) is 5.56 Å². The number of halogens is 3. The van der Waals surface area contributed by atoms with Gasteiger partial charge in [-0.3, -0.25) is 4.79 Å². The van der Waals surface area contributed by atoms with E-state index in [1.807, 2.05) is 30.3 Å². The van der Waals surface area contributed by atoms with Gasteiger partial charge in [0.15, 0.2) is 11.6 Å². The van der Waals surface area contributed by atoms with E-state index in [4.69, 9.17) is 14.1 Å². The highest BCUT2D eigenvalue weighted by molar-refractivity contribution is 9.11. The molecule has 7 nitrogen and oxygen atoms in total. The van der Waals surface area contributed by atoms with Gasteiger partial charge >= 0.3 is 5.97 Å². The summed E-state index contributed by atoms with van der Waals surface area (Å²) in [6.07, 6.45) is 2.83. The molecule has 0 N–H and O–H groups in total. The van der Waals surface area contributed by atoms with Crippen molar-refractivity contribution in [1.82, 2.24) is 9.66 Å². The van der Waals surface area contributed by atoms with Crippen molar-refractivity contribution < 1.29 is 13.9 Å². The number of nitrogens with zero attached hydrogens (tertiary/aromatic N) is 3. The summed E-state index contributed by atoms with van der Waals surface area (Å²) in [5.41, 5.74) is 1.37. The highest BCUT2D eigenvalue weighted by atomic mass is 79.9. The number of esters is 1. The van der Waals surface area contributed by atoms with Crippen molar-refractivity contribution in [3.05, 3.63) is 114 Å². The number of rotatable bonds is 5. The minimum Gasteiger partial charge on any atom is -0.457 e. The van der Waals surface area contributed by atoms with Gasteiger partial charge in [-0.2, -0.15) is 9.78 Å². The minimum atomic E-state index is -0.669. The molecule has 0 saturated heterocycles. The van der Waals surface area contributed by atoms with Gasteiger partial charge in [0.2, 0.25) is 5.76 Å². The Kier molecular flexibility index (Phi) is 6.99. The van der Waals surface area contributed by atoms with E-state index in [0.717, 1.165) is 4.47 Å². The van der Waals surface area contributed by atoms with Crippen molar-refractivity contribution in [2.75, 3.05) is 0 Å². The Bertz CT molecular complexity index is 1680. The van der Waals surface area contributed by atoms with Crippen LogP contribution in [0.1, 0.15) is 16.1 Å². The van der Waals surface area contributed by atoms with Crippen molar-refractivity contribution in [2.24, 2.45) is 5.10 Å². The average molecular weight is 672 g/mol. The van der Waals surface area contributed by atoms with Crippen molar-refractivity contribution in [1.29, 1.82) is 0 Å². The van der Waals surface area contributed by atoms with Crippen LogP contribution < -0.4 is 10.3 Å². The Hall–Kier alpha value is -3.34. The van der Waals surface area contributed by atoms with E-state index >= 15 is 0 Å². The first-order chi connectivity index (χ1) is 17.4. The molecule has 178 valence electrons. The third-order valence-corrected chi connectivity index (χ3v) is 6.70. The van der Waals surface area contributed by atoms with Gasteiger partial charge < -0.3 is 9.15 Å². The molecule has 0 saturated carbocycles. The lowest BCUT2D eigenvalue weighted by Gasteiger charge is -2.11. The average Bonchev–Trinajstić information content (AvgIpc) is 3.41. The molecule has 0 amide bonds. The van der Waals surface area contributed by atoms with E-state index in [1.165, 1.54) is 23.2 Å². The van der Waals surface area contributed by atoms with E-state index < -0.39 is 5.97 Å². The van der Waals surface area contributed by atoms with Gasteiger partial charge in [-0.25, -0.2) is 9.78 Å². The summed E-state index contributed by atoms with van der Waals surface area (Å²) >= 11 is 10.3. The second-order valence-electron chi connectivity index (χ2n) is 7.49. The third-order valence-electron chi connectivity index (χ3n) is 5.12. The first kappa shape index (κ1) is 24.4. The van der Waals surface area contributed by atoms with E-state index in [1.54, 1.807) is 36.4 Å². The van der Waals surface area contributed by atoms with Crippen LogP contribution in [-0.4, -0.2) is 21.8 Å². The number of carbonyl (C=O) groups is 1. The summed E-state index contributed by atoms with van der Waals surface area (Å²) in [7, 11) is 0. The first-order valence-electron chi connectivity index (χ1n) is 10.5. The zero-order valence-electron chi connectivity index (χ0n) is 18.2. The number of carbonyl (C=O) groups excluding carboxylic acids is 1. The Morgan fingerprint density at radius 3 is 2.50 bits per heavy atom. The fraction of sp³-hybridized carbons (Fsp3) is 0. The first-order valence-corrected chi connectivity index (χ1v) is 12.9. The molecule has 0 aliphatic carbocycles. The van der Waals surface area contributed by atoms with Crippen LogP contribution in [0.4, 0.5) is 0 Å². The highest BCUT2D eigenvalue weighted by Gasteiger charge is 2.18. The van der Waals surface area contributed by atoms with E-state index in [2.05, 4.69) is 52.9 Å². The highest BCUT2D eigenvalue weighted by Crippen LogP contribution is 2.33. The maximum absolute atomic E-state index is 13.4. The molecule has 2 aromatic heterocycles. The normalized spacial score (nSPS) is 11.3. The van der Waals surface area contributed by atoms with Crippen LogP contribution in [0.25, 0.3) is 22.3 Å². The maximum atomic E-state index is 13.4. The summed E-state index contributed by atoms with van der Waals surface area (Å²) < 4.78 is 14.1. The van der Waals surface area contributed by atoms with E-state index in [0.29, 0.717) is 36.8 Å². The van der Waals surface area contributed by atoms with Crippen LogP contribution in [0.5, 0.6) is 5.75 Å². The Morgan fingerprint density at radius 2 is 1.75 bits per heavy atom. The second kappa shape index (κ2) is 10.3. The molecule has 0 unspecified atom stereocenters. The molecule has 3 aromatic carbocycles. The van der Waals surface area contributed by atoms with Crippen molar-refractivity contribution >= 4 is 70.9 Å². The van der Waals surface area contributed by atoms with Crippen LogP contribution in [0.3, 0.4) is 0 Å². The largest absolute Gasteiger partial charge is 0.457 e. The fourth-order valence-electron chi connectivity index (χ4n) is 3.46. The minimum absolute atomic E-state index is 0.0557. The van der Waals surface area contributed by atoms with Gasteiger partial charge in [0.05, 0.1) is 27.9 Å². The molecule has 36 heavy (non-hydrogen) atoms. The molecule has 0 atom stereocenters. The lowest BCUT2D eigenvalue weighted by atomic mass is 10.2. The molecule has 0 bridgehead atoms. The van der Waals surface area contributed by atoms with Crippen molar-refractivity contribution in [3.8, 4) is 17.1 Å². The predicted molar refractivity (Wildman–Crippen MR) is 148 cm³/mol. The monoisotopic (exact) mass is 669 g/mol. The third kappa shape index (κ3) is 4.97. The molecule has 0 aliphatic rings. The molecule has 0 fully saturated rings. The summed E-state index contributed by atoms with van der Waals surface area (Å²) in [5, 5.41) is 4.91. The van der Waals surface area contributed by atoms with Crippen LogP contribution in [0, 0.1) is 0 Å². The summed E-state index contributed by atoms with van der Waals surface area (Å²) in [6.45, 7) is 0. The molecule has 10 heteroatoms. The van der Waals surface area contributed by atoms with Crippen LogP contribution in [-0.2, 0) is 0 Å². The van der Waals surface area contributed by atoms with Gasteiger partial charge in [-0.1, -0.05) is 56.1 Å². The van der Waals surface area contributed by atoms with Gasteiger partial charge in [-0.15, -0.1) is 0 Å². The van der Waals surface area contributed by atoms with E-state index in [9.17, 15) is 9.59 Å². The van der Waals surface area contributed by atoms with Gasteiger partial charge in [0, 0.05) is 20.1 Å². The Labute approximate surface area is 229 Å². The molecular weight excluding hydrogens is 658 g/mol. The number of furan rings is 1. The van der Waals surface area contributed by atoms with Gasteiger partial charge in [-0.05, 0) is 64.5 Å². The van der Waals surface area contributed by atoms with Crippen molar-refractivity contribution in [2.45, 2.75) is 0 Å². The molecular formula is C26H14Br3N3O4. The number of benzene rings is 3. The zero-order chi connectivity index (χ0) is 25.2. The smallest absolute Gasteiger partial charge is 0.379 e. The number of para-hydroxylation sites is 1. The Balaban J connectivity index is 1.64. The van der Waals surface area contributed by atoms with Crippen molar-refractivity contribution in [3.63, 3.8) is 0 Å². The molecule has 5 rings (SSSR count). The fourth-order valence-corrected chi connectivity index (χ4v) is 5.06. The topological polar surface area (TPSA) is 86.7 Å². The van der Waals surface area contributed by atoms with E-state index in [-0.39, 0.29) is 17.1 Å². The molecule has 2 heterocycles. The summed E-state index contributed by atoms with van der Waals surface area (Å²) in [6, 6.07) is 21.1. The predicted octanol–water partition coefficient (Wildman–Crippen LogP) is 7.05. The number of ether oxygens (including phenoxy) is 1. The number of fused-ring (bicyclic) bond motifs is 1. The van der Waals surface area contributed by atoms with Crippen LogP contribution in [0.2, 0.25) is 0 Å². The number of aromatic nitrogens is 2.